The zero-order chi connectivity index (χ0) is 14.7. The Morgan fingerprint density at radius 2 is 2.30 bits per heavy atom. The summed E-state index contributed by atoms with van der Waals surface area (Å²) in [5.41, 5.74) is 7.33. The van der Waals surface area contributed by atoms with Crippen LogP contribution in [0.15, 0.2) is 22.1 Å². The van der Waals surface area contributed by atoms with Crippen LogP contribution in [0.4, 0.5) is 0 Å². The zero-order valence-corrected chi connectivity index (χ0v) is 14.2. The highest BCUT2D eigenvalue weighted by molar-refractivity contribution is 9.10. The van der Waals surface area contributed by atoms with Crippen LogP contribution in [0.5, 0.6) is 5.75 Å². The van der Waals surface area contributed by atoms with E-state index in [4.69, 9.17) is 10.5 Å². The fourth-order valence-electron chi connectivity index (χ4n) is 1.97. The fraction of sp³-hybridized carbons (Fsp3) is 0.462. The van der Waals surface area contributed by atoms with Gasteiger partial charge in [-0.25, -0.2) is 0 Å². The summed E-state index contributed by atoms with van der Waals surface area (Å²) in [6.45, 7) is 1.68. The summed E-state index contributed by atoms with van der Waals surface area (Å²) >= 11 is 5.17. The average molecular weight is 359 g/mol. The van der Waals surface area contributed by atoms with Crippen LogP contribution in [0.25, 0.3) is 0 Å². The Kier molecular flexibility index (Phi) is 5.20. The molecule has 0 aliphatic carbocycles. The summed E-state index contributed by atoms with van der Waals surface area (Å²) in [6, 6.07) is 1.76. The standard InChI is InChI=1S/C13H19BrN4OS/c1-17(2)5-6-18-12(10(19-3)8-16-18)11(15)13-9(14)4-7-20-13/h4,7-8,11H,5-6,15H2,1-3H3. The Morgan fingerprint density at radius 3 is 2.85 bits per heavy atom. The van der Waals surface area contributed by atoms with E-state index >= 15 is 0 Å². The van der Waals surface area contributed by atoms with Crippen LogP contribution < -0.4 is 10.5 Å². The van der Waals surface area contributed by atoms with Crippen LogP contribution in [0.1, 0.15) is 16.6 Å². The second-order valence-electron chi connectivity index (χ2n) is 4.74. The largest absolute Gasteiger partial charge is 0.493 e. The molecular formula is C13H19BrN4OS. The molecule has 2 N–H and O–H groups in total. The first-order chi connectivity index (χ1) is 9.54. The molecule has 0 saturated heterocycles. The topological polar surface area (TPSA) is 56.3 Å². The highest BCUT2D eigenvalue weighted by Crippen LogP contribution is 2.35. The molecule has 7 heteroatoms. The van der Waals surface area contributed by atoms with E-state index in [1.165, 1.54) is 0 Å². The van der Waals surface area contributed by atoms with E-state index in [0.29, 0.717) is 0 Å². The summed E-state index contributed by atoms with van der Waals surface area (Å²) in [7, 11) is 5.72. The molecule has 2 aromatic rings. The predicted octanol–water partition coefficient (Wildman–Crippen LogP) is 2.33. The van der Waals surface area contributed by atoms with Crippen LogP contribution in [0.3, 0.4) is 0 Å². The van der Waals surface area contributed by atoms with E-state index in [9.17, 15) is 0 Å². The van der Waals surface area contributed by atoms with Crippen molar-refractivity contribution < 1.29 is 4.74 Å². The number of rotatable bonds is 6. The highest BCUT2D eigenvalue weighted by Gasteiger charge is 2.23. The maximum Gasteiger partial charge on any atom is 0.161 e. The van der Waals surface area contributed by atoms with Gasteiger partial charge in [-0.3, -0.25) is 4.68 Å². The van der Waals surface area contributed by atoms with Gasteiger partial charge in [0.1, 0.15) is 5.69 Å². The Morgan fingerprint density at radius 1 is 1.55 bits per heavy atom. The predicted molar refractivity (Wildman–Crippen MR) is 85.4 cm³/mol. The molecule has 110 valence electrons. The lowest BCUT2D eigenvalue weighted by atomic mass is 10.1. The minimum atomic E-state index is -0.246. The lowest BCUT2D eigenvalue weighted by Crippen LogP contribution is -2.23. The van der Waals surface area contributed by atoms with Gasteiger partial charge in [0.25, 0.3) is 0 Å². The fourth-order valence-corrected chi connectivity index (χ4v) is 3.60. The molecule has 0 amide bonds. The van der Waals surface area contributed by atoms with Crippen LogP contribution in [-0.2, 0) is 6.54 Å². The van der Waals surface area contributed by atoms with Crippen molar-refractivity contribution in [2.24, 2.45) is 5.73 Å². The summed E-state index contributed by atoms with van der Waals surface area (Å²) in [4.78, 5) is 3.19. The first-order valence-corrected chi connectivity index (χ1v) is 7.94. The number of ether oxygens (including phenoxy) is 1. The molecule has 2 heterocycles. The molecule has 1 atom stereocenters. The van der Waals surface area contributed by atoms with Crippen LogP contribution in [-0.4, -0.2) is 42.4 Å². The number of aromatic nitrogens is 2. The second kappa shape index (κ2) is 6.71. The van der Waals surface area contributed by atoms with E-state index in [0.717, 1.165) is 33.9 Å². The van der Waals surface area contributed by atoms with E-state index in [-0.39, 0.29) is 6.04 Å². The van der Waals surface area contributed by atoms with Crippen molar-refractivity contribution in [3.8, 4) is 5.75 Å². The second-order valence-corrected chi connectivity index (χ2v) is 6.54. The first-order valence-electron chi connectivity index (χ1n) is 6.27. The molecule has 0 fully saturated rings. The minimum Gasteiger partial charge on any atom is -0.493 e. The monoisotopic (exact) mass is 358 g/mol. The van der Waals surface area contributed by atoms with Gasteiger partial charge in [0.15, 0.2) is 5.75 Å². The Balaban J connectivity index is 2.33. The molecule has 20 heavy (non-hydrogen) atoms. The van der Waals surface area contributed by atoms with Crippen molar-refractivity contribution in [3.63, 3.8) is 0 Å². The molecule has 5 nitrogen and oxygen atoms in total. The number of nitrogens with two attached hydrogens (primary N) is 1. The summed E-state index contributed by atoms with van der Waals surface area (Å²) in [6.07, 6.45) is 1.73. The van der Waals surface area contributed by atoms with E-state index < -0.39 is 0 Å². The zero-order valence-electron chi connectivity index (χ0n) is 11.8. The van der Waals surface area contributed by atoms with Gasteiger partial charge in [0.05, 0.1) is 25.9 Å². The molecule has 0 aromatic carbocycles. The molecule has 2 aromatic heterocycles. The lowest BCUT2D eigenvalue weighted by Gasteiger charge is -2.17. The quantitative estimate of drug-likeness (QED) is 0.860. The van der Waals surface area contributed by atoms with Crippen molar-refractivity contribution in [2.45, 2.75) is 12.6 Å². The SMILES string of the molecule is COc1cnn(CCN(C)C)c1C(N)c1sccc1Br. The normalized spacial score (nSPS) is 12.9. The van der Waals surface area contributed by atoms with Crippen molar-refractivity contribution >= 4 is 27.3 Å². The minimum absolute atomic E-state index is 0.246. The van der Waals surface area contributed by atoms with Crippen molar-refractivity contribution in [1.82, 2.24) is 14.7 Å². The lowest BCUT2D eigenvalue weighted by molar-refractivity contribution is 0.363. The van der Waals surface area contributed by atoms with Gasteiger partial charge < -0.3 is 15.4 Å². The van der Waals surface area contributed by atoms with Gasteiger partial charge >= 0.3 is 0 Å². The van der Waals surface area contributed by atoms with E-state index in [1.54, 1.807) is 24.6 Å². The number of methoxy groups -OCH3 is 1. The first kappa shape index (κ1) is 15.5. The summed E-state index contributed by atoms with van der Waals surface area (Å²) in [5, 5.41) is 6.41. The number of hydrogen-bond donors (Lipinski definition) is 1. The third-order valence-electron chi connectivity index (χ3n) is 3.05. The third kappa shape index (κ3) is 3.22. The molecule has 0 aliphatic rings. The molecule has 0 saturated carbocycles. The van der Waals surface area contributed by atoms with E-state index in [1.807, 2.05) is 30.2 Å². The Bertz CT molecular complexity index is 566. The molecule has 2 rings (SSSR count). The average Bonchev–Trinajstić information content (AvgIpc) is 3.01. The highest BCUT2D eigenvalue weighted by atomic mass is 79.9. The number of hydrogen-bond acceptors (Lipinski definition) is 5. The number of likely N-dealkylation sites (N-methyl/N-ethyl adjacent to an activating group) is 1. The van der Waals surface area contributed by atoms with Crippen molar-refractivity contribution in [2.75, 3.05) is 27.7 Å². The molecule has 0 aliphatic heterocycles. The third-order valence-corrected chi connectivity index (χ3v) is 5.00. The maximum atomic E-state index is 6.42. The molecule has 0 radical (unpaired) electrons. The summed E-state index contributed by atoms with van der Waals surface area (Å²) in [5.74, 6) is 0.733. The maximum absolute atomic E-state index is 6.42. The smallest absolute Gasteiger partial charge is 0.161 e. The van der Waals surface area contributed by atoms with Crippen molar-refractivity contribution in [1.29, 1.82) is 0 Å². The van der Waals surface area contributed by atoms with Gasteiger partial charge in [-0.15, -0.1) is 11.3 Å². The Labute approximate surface area is 131 Å². The van der Waals surface area contributed by atoms with Crippen molar-refractivity contribution in [3.05, 3.63) is 32.7 Å². The molecular weight excluding hydrogens is 340 g/mol. The van der Waals surface area contributed by atoms with Crippen LogP contribution in [0, 0.1) is 0 Å². The molecule has 1 unspecified atom stereocenters. The number of nitrogens with zero attached hydrogens (tertiary/aromatic N) is 3. The van der Waals surface area contributed by atoms with Gasteiger partial charge in [0.2, 0.25) is 0 Å². The van der Waals surface area contributed by atoms with Gasteiger partial charge in [-0.2, -0.15) is 5.10 Å². The molecule has 0 spiro atoms. The number of thiophene rings is 1. The van der Waals surface area contributed by atoms with Gasteiger partial charge in [-0.1, -0.05) is 0 Å². The van der Waals surface area contributed by atoms with Crippen LogP contribution >= 0.6 is 27.3 Å². The van der Waals surface area contributed by atoms with Crippen LogP contribution in [0.2, 0.25) is 0 Å². The Hall–Kier alpha value is -0.890. The van der Waals surface area contributed by atoms with Gasteiger partial charge in [0, 0.05) is 15.9 Å². The number of halogens is 1. The van der Waals surface area contributed by atoms with E-state index in [2.05, 4.69) is 25.9 Å². The summed E-state index contributed by atoms with van der Waals surface area (Å²) < 4.78 is 8.36. The van der Waals surface area contributed by atoms with Gasteiger partial charge in [-0.05, 0) is 41.5 Å². The molecule has 0 bridgehead atoms.